The Labute approximate surface area is 104 Å². The van der Waals surface area contributed by atoms with Crippen LogP contribution < -0.4 is 4.74 Å². The third-order valence-corrected chi connectivity index (χ3v) is 3.00. The maximum Gasteiger partial charge on any atom is 0.320 e. The van der Waals surface area contributed by atoms with Crippen molar-refractivity contribution in [2.75, 3.05) is 7.11 Å². The van der Waals surface area contributed by atoms with Crippen LogP contribution in [0.4, 0.5) is 0 Å². The quantitative estimate of drug-likeness (QED) is 0.643. The molecular weight excluding hydrogens is 236 g/mol. The number of carboxylic acids is 1. The number of hydrogen-bond donors (Lipinski definition) is 1. The summed E-state index contributed by atoms with van der Waals surface area (Å²) in [5.74, 6) is -2.32. The van der Waals surface area contributed by atoms with Crippen LogP contribution in [0.2, 0.25) is 0 Å². The fraction of sp³-hybridized carbons (Fsp3) is 0.385. The van der Waals surface area contributed by atoms with Crippen LogP contribution in [-0.2, 0) is 20.7 Å². The maximum atomic E-state index is 11.4. The third kappa shape index (κ3) is 2.45. The van der Waals surface area contributed by atoms with Crippen LogP contribution in [0.5, 0.6) is 5.75 Å². The van der Waals surface area contributed by atoms with Crippen molar-refractivity contribution < 1.29 is 24.2 Å². The van der Waals surface area contributed by atoms with E-state index in [2.05, 4.69) is 4.74 Å². The van der Waals surface area contributed by atoms with Gasteiger partial charge in [0.05, 0.1) is 7.11 Å². The number of esters is 1. The highest BCUT2D eigenvalue weighted by molar-refractivity contribution is 5.93. The van der Waals surface area contributed by atoms with Crippen molar-refractivity contribution >= 4 is 11.9 Å². The van der Waals surface area contributed by atoms with Crippen molar-refractivity contribution in [3.8, 4) is 5.75 Å². The van der Waals surface area contributed by atoms with E-state index in [0.717, 1.165) is 11.3 Å². The number of aliphatic carboxylic acids is 1. The Morgan fingerprint density at radius 1 is 1.50 bits per heavy atom. The van der Waals surface area contributed by atoms with E-state index >= 15 is 0 Å². The van der Waals surface area contributed by atoms with Crippen LogP contribution in [0.15, 0.2) is 24.3 Å². The number of rotatable bonds is 4. The van der Waals surface area contributed by atoms with Crippen LogP contribution in [-0.4, -0.2) is 30.3 Å². The average Bonchev–Trinajstić information content (AvgIpc) is 2.77. The minimum atomic E-state index is -1.18. The molecule has 0 bridgehead atoms. The molecule has 96 valence electrons. The highest BCUT2D eigenvalue weighted by atomic mass is 16.5. The number of ether oxygens (including phenoxy) is 2. The number of fused-ring (bicyclic) bond motifs is 1. The van der Waals surface area contributed by atoms with Crippen LogP contribution in [0.25, 0.3) is 0 Å². The molecule has 1 N–H and O–H groups in total. The van der Waals surface area contributed by atoms with Gasteiger partial charge in [-0.3, -0.25) is 9.59 Å². The number of para-hydroxylation sites is 1. The van der Waals surface area contributed by atoms with Gasteiger partial charge in [0.2, 0.25) is 0 Å². The Hall–Kier alpha value is -2.04. The second-order valence-corrected chi connectivity index (χ2v) is 4.20. The van der Waals surface area contributed by atoms with E-state index in [1.165, 1.54) is 7.11 Å². The SMILES string of the molecule is COC(=O)C(CC1Cc2ccccc2O1)C(=O)O. The largest absolute Gasteiger partial charge is 0.490 e. The van der Waals surface area contributed by atoms with E-state index in [-0.39, 0.29) is 12.5 Å². The minimum absolute atomic E-state index is 0.122. The first kappa shape index (κ1) is 12.4. The summed E-state index contributed by atoms with van der Waals surface area (Å²) in [5.41, 5.74) is 1.04. The summed E-state index contributed by atoms with van der Waals surface area (Å²) in [5, 5.41) is 9.00. The summed E-state index contributed by atoms with van der Waals surface area (Å²) in [4.78, 5) is 22.4. The van der Waals surface area contributed by atoms with E-state index < -0.39 is 17.9 Å². The fourth-order valence-corrected chi connectivity index (χ4v) is 2.09. The Kier molecular flexibility index (Phi) is 3.50. The zero-order chi connectivity index (χ0) is 13.1. The van der Waals surface area contributed by atoms with Crippen LogP contribution in [0.3, 0.4) is 0 Å². The lowest BCUT2D eigenvalue weighted by molar-refractivity contribution is -0.157. The molecule has 0 aliphatic carbocycles. The molecule has 0 saturated heterocycles. The molecule has 0 amide bonds. The predicted octanol–water partition coefficient (Wildman–Crippen LogP) is 1.25. The second-order valence-electron chi connectivity index (χ2n) is 4.20. The highest BCUT2D eigenvalue weighted by Gasteiger charge is 2.33. The average molecular weight is 250 g/mol. The summed E-state index contributed by atoms with van der Waals surface area (Å²) in [6.07, 6.45) is 0.454. The zero-order valence-corrected chi connectivity index (χ0v) is 9.96. The van der Waals surface area contributed by atoms with Gasteiger partial charge in [-0.15, -0.1) is 0 Å². The highest BCUT2D eigenvalue weighted by Crippen LogP contribution is 2.31. The number of hydrogen-bond acceptors (Lipinski definition) is 4. The van der Waals surface area contributed by atoms with E-state index in [4.69, 9.17) is 9.84 Å². The number of methoxy groups -OCH3 is 1. The van der Waals surface area contributed by atoms with E-state index in [1.54, 1.807) is 0 Å². The second kappa shape index (κ2) is 5.08. The minimum Gasteiger partial charge on any atom is -0.490 e. The van der Waals surface area contributed by atoms with Gasteiger partial charge in [-0.05, 0) is 11.6 Å². The molecule has 5 nitrogen and oxygen atoms in total. The van der Waals surface area contributed by atoms with E-state index in [0.29, 0.717) is 6.42 Å². The lowest BCUT2D eigenvalue weighted by Crippen LogP contribution is -2.30. The molecule has 2 atom stereocenters. The van der Waals surface area contributed by atoms with Gasteiger partial charge < -0.3 is 14.6 Å². The molecule has 2 rings (SSSR count). The summed E-state index contributed by atoms with van der Waals surface area (Å²) in [6, 6.07) is 7.53. The first-order chi connectivity index (χ1) is 8.61. The van der Waals surface area contributed by atoms with E-state index in [9.17, 15) is 9.59 Å². The Balaban J connectivity index is 2.03. The summed E-state index contributed by atoms with van der Waals surface area (Å²) in [7, 11) is 1.18. The molecule has 1 aromatic rings. The van der Waals surface area contributed by atoms with Gasteiger partial charge in [0, 0.05) is 12.8 Å². The van der Waals surface area contributed by atoms with Gasteiger partial charge >= 0.3 is 11.9 Å². The molecule has 1 heterocycles. The van der Waals surface area contributed by atoms with Gasteiger partial charge in [-0.2, -0.15) is 0 Å². The number of carbonyl (C=O) groups excluding carboxylic acids is 1. The summed E-state index contributed by atoms with van der Waals surface area (Å²) >= 11 is 0. The Morgan fingerprint density at radius 2 is 2.22 bits per heavy atom. The third-order valence-electron chi connectivity index (χ3n) is 3.00. The Morgan fingerprint density at radius 3 is 2.83 bits per heavy atom. The summed E-state index contributed by atoms with van der Waals surface area (Å²) in [6.45, 7) is 0. The van der Waals surface area contributed by atoms with Gasteiger partial charge in [0.25, 0.3) is 0 Å². The lowest BCUT2D eigenvalue weighted by atomic mass is 9.98. The van der Waals surface area contributed by atoms with Gasteiger partial charge in [-0.25, -0.2) is 0 Å². The van der Waals surface area contributed by atoms with Crippen molar-refractivity contribution in [1.29, 1.82) is 0 Å². The van der Waals surface area contributed by atoms with Gasteiger partial charge in [0.1, 0.15) is 11.9 Å². The lowest BCUT2D eigenvalue weighted by Gasteiger charge is -2.15. The van der Waals surface area contributed by atoms with Crippen LogP contribution >= 0.6 is 0 Å². The molecule has 0 aromatic heterocycles. The standard InChI is InChI=1S/C13H14O5/c1-17-13(16)10(12(14)15)7-9-6-8-4-2-3-5-11(8)18-9/h2-5,9-10H,6-7H2,1H3,(H,14,15). The van der Waals surface area contributed by atoms with Crippen molar-refractivity contribution in [2.24, 2.45) is 5.92 Å². The molecule has 0 saturated carbocycles. The number of benzene rings is 1. The number of carboxylic acid groups (broad SMARTS) is 1. The molecule has 2 unspecified atom stereocenters. The molecular formula is C13H14O5. The van der Waals surface area contributed by atoms with Crippen LogP contribution in [0.1, 0.15) is 12.0 Å². The molecule has 0 spiro atoms. The van der Waals surface area contributed by atoms with Crippen LogP contribution in [0, 0.1) is 5.92 Å². The monoisotopic (exact) mass is 250 g/mol. The molecule has 1 aromatic carbocycles. The zero-order valence-electron chi connectivity index (χ0n) is 9.96. The smallest absolute Gasteiger partial charge is 0.320 e. The molecule has 5 heteroatoms. The van der Waals surface area contributed by atoms with Gasteiger partial charge in [-0.1, -0.05) is 18.2 Å². The topological polar surface area (TPSA) is 72.8 Å². The first-order valence-corrected chi connectivity index (χ1v) is 5.67. The Bertz CT molecular complexity index is 443. The van der Waals surface area contributed by atoms with Crippen molar-refractivity contribution in [3.63, 3.8) is 0 Å². The van der Waals surface area contributed by atoms with Crippen molar-refractivity contribution in [1.82, 2.24) is 0 Å². The normalized spacial score (nSPS) is 18.6. The van der Waals surface area contributed by atoms with E-state index in [1.807, 2.05) is 24.3 Å². The first-order valence-electron chi connectivity index (χ1n) is 5.67. The van der Waals surface area contributed by atoms with Gasteiger partial charge in [0.15, 0.2) is 5.92 Å². The molecule has 18 heavy (non-hydrogen) atoms. The fourth-order valence-electron chi connectivity index (χ4n) is 2.09. The van der Waals surface area contributed by atoms with Crippen molar-refractivity contribution in [3.05, 3.63) is 29.8 Å². The molecule has 0 radical (unpaired) electrons. The predicted molar refractivity (Wildman–Crippen MR) is 62.3 cm³/mol. The van der Waals surface area contributed by atoms with Crippen molar-refractivity contribution in [2.45, 2.75) is 18.9 Å². The summed E-state index contributed by atoms with van der Waals surface area (Å²) < 4.78 is 10.1. The molecule has 1 aliphatic heterocycles. The number of carbonyl (C=O) groups is 2. The molecule has 0 fully saturated rings. The maximum absolute atomic E-state index is 11.4. The molecule has 1 aliphatic rings.